The van der Waals surface area contributed by atoms with E-state index in [4.69, 9.17) is 5.26 Å². The van der Waals surface area contributed by atoms with Crippen molar-refractivity contribution >= 4 is 23.5 Å². The van der Waals surface area contributed by atoms with Crippen molar-refractivity contribution in [2.24, 2.45) is 0 Å². The number of fused-ring (bicyclic) bond motifs is 1. The lowest BCUT2D eigenvalue weighted by molar-refractivity contribution is -0.122. The van der Waals surface area contributed by atoms with Crippen LogP contribution >= 0.6 is 0 Å². The second kappa shape index (κ2) is 6.78. The van der Waals surface area contributed by atoms with E-state index in [9.17, 15) is 18.8 Å². The molecule has 0 aromatic heterocycles. The third-order valence-corrected chi connectivity index (χ3v) is 4.99. The van der Waals surface area contributed by atoms with E-state index >= 15 is 0 Å². The first-order valence-electron chi connectivity index (χ1n) is 8.71. The molecule has 2 unspecified atom stereocenters. The molecular weight excluding hydrogens is 363 g/mol. The minimum Gasteiger partial charge on any atom is -0.332 e. The summed E-state index contributed by atoms with van der Waals surface area (Å²) in [5.41, 5.74) is 1.03. The summed E-state index contributed by atoms with van der Waals surface area (Å²) in [5, 5.41) is 11.6. The van der Waals surface area contributed by atoms with E-state index in [1.54, 1.807) is 0 Å². The van der Waals surface area contributed by atoms with Gasteiger partial charge in [0.15, 0.2) is 0 Å². The zero-order valence-electron chi connectivity index (χ0n) is 14.6. The molecule has 140 valence electrons. The number of carbonyl (C=O) groups excluding carboxylic acids is 3. The van der Waals surface area contributed by atoms with Gasteiger partial charge in [-0.3, -0.25) is 9.59 Å². The quantitative estimate of drug-likeness (QED) is 0.865. The molecule has 0 spiro atoms. The Balaban J connectivity index is 1.63. The smallest absolute Gasteiger partial charge is 0.329 e. The molecule has 2 aromatic carbocycles. The molecule has 2 saturated heterocycles. The van der Waals surface area contributed by atoms with Crippen LogP contribution in [0.2, 0.25) is 0 Å². The van der Waals surface area contributed by atoms with E-state index in [-0.39, 0.29) is 11.6 Å². The Morgan fingerprint density at radius 1 is 1.11 bits per heavy atom. The number of anilines is 1. The maximum atomic E-state index is 13.2. The van der Waals surface area contributed by atoms with E-state index in [0.717, 1.165) is 17.0 Å². The summed E-state index contributed by atoms with van der Waals surface area (Å²) in [6.07, 6.45) is 0.460. The van der Waals surface area contributed by atoms with Crippen molar-refractivity contribution in [1.82, 2.24) is 10.2 Å². The van der Waals surface area contributed by atoms with Gasteiger partial charge in [0.2, 0.25) is 0 Å². The van der Waals surface area contributed by atoms with Crippen molar-refractivity contribution in [2.45, 2.75) is 18.5 Å². The van der Waals surface area contributed by atoms with Crippen LogP contribution in [0.3, 0.4) is 0 Å². The lowest BCUT2D eigenvalue weighted by Crippen LogP contribution is -2.65. The van der Waals surface area contributed by atoms with Crippen molar-refractivity contribution in [2.75, 3.05) is 11.4 Å². The Hall–Kier alpha value is -3.73. The number of carbonyl (C=O) groups is 3. The first-order chi connectivity index (χ1) is 13.5. The third-order valence-electron chi connectivity index (χ3n) is 4.99. The molecule has 0 bridgehead atoms. The molecule has 2 fully saturated rings. The molecule has 7 nitrogen and oxygen atoms in total. The van der Waals surface area contributed by atoms with Crippen molar-refractivity contribution in [3.8, 4) is 6.07 Å². The number of imide groups is 1. The zero-order chi connectivity index (χ0) is 19.8. The van der Waals surface area contributed by atoms with Gasteiger partial charge in [0.1, 0.15) is 11.9 Å². The van der Waals surface area contributed by atoms with Crippen molar-refractivity contribution in [3.05, 3.63) is 65.5 Å². The fraction of sp³-hybridized carbons (Fsp3) is 0.200. The number of urea groups is 1. The highest BCUT2D eigenvalue weighted by atomic mass is 19.1. The Morgan fingerprint density at radius 2 is 1.79 bits per heavy atom. The number of nitriles is 1. The Labute approximate surface area is 160 Å². The SMILES string of the molecule is N#Cc1ccc(C(=O)N2CCC3NC(=O)N(c4ccc(F)cc4)C(=O)C32)cc1. The average molecular weight is 378 g/mol. The van der Waals surface area contributed by atoms with Crippen molar-refractivity contribution < 1.29 is 18.8 Å². The zero-order valence-corrected chi connectivity index (χ0v) is 14.6. The first-order valence-corrected chi connectivity index (χ1v) is 8.71. The largest absolute Gasteiger partial charge is 0.332 e. The van der Waals surface area contributed by atoms with Gasteiger partial charge in [0, 0.05) is 12.1 Å². The predicted molar refractivity (Wildman–Crippen MR) is 96.8 cm³/mol. The van der Waals surface area contributed by atoms with Gasteiger partial charge < -0.3 is 10.2 Å². The van der Waals surface area contributed by atoms with Crippen LogP contribution in [0.4, 0.5) is 14.9 Å². The standard InChI is InChI=1S/C20H15FN4O3/c21-14-5-7-15(8-6-14)25-19(27)17-16(23-20(25)28)9-10-24(17)18(26)13-3-1-12(11-22)2-4-13/h1-8,16-17H,9-10H2,(H,23,28). The number of benzene rings is 2. The van der Waals surface area contributed by atoms with Gasteiger partial charge in [-0.05, 0) is 55.0 Å². The number of hydrogen-bond acceptors (Lipinski definition) is 4. The maximum absolute atomic E-state index is 13.2. The third kappa shape index (κ3) is 2.87. The lowest BCUT2D eigenvalue weighted by atomic mass is 10.0. The number of rotatable bonds is 2. The van der Waals surface area contributed by atoms with Crippen LogP contribution in [0.25, 0.3) is 0 Å². The molecule has 2 aliphatic heterocycles. The molecule has 28 heavy (non-hydrogen) atoms. The monoisotopic (exact) mass is 378 g/mol. The van der Waals surface area contributed by atoms with E-state index < -0.39 is 29.8 Å². The minimum absolute atomic E-state index is 0.236. The highest BCUT2D eigenvalue weighted by molar-refractivity contribution is 6.19. The Kier molecular flexibility index (Phi) is 4.28. The van der Waals surface area contributed by atoms with E-state index in [1.807, 2.05) is 6.07 Å². The Bertz CT molecular complexity index is 998. The summed E-state index contributed by atoms with van der Waals surface area (Å²) < 4.78 is 13.2. The lowest BCUT2D eigenvalue weighted by Gasteiger charge is -2.36. The first kappa shape index (κ1) is 17.7. The van der Waals surface area contributed by atoms with Gasteiger partial charge in [-0.15, -0.1) is 0 Å². The van der Waals surface area contributed by atoms with Gasteiger partial charge in [-0.1, -0.05) is 0 Å². The van der Waals surface area contributed by atoms with Gasteiger partial charge in [-0.2, -0.15) is 5.26 Å². The minimum atomic E-state index is -0.842. The van der Waals surface area contributed by atoms with Crippen LogP contribution < -0.4 is 10.2 Å². The van der Waals surface area contributed by atoms with Crippen LogP contribution in [0, 0.1) is 17.1 Å². The topological polar surface area (TPSA) is 93.5 Å². The molecule has 2 aliphatic rings. The van der Waals surface area contributed by atoms with Gasteiger partial charge in [0.25, 0.3) is 11.8 Å². The summed E-state index contributed by atoms with van der Waals surface area (Å²) in [5.74, 6) is -1.36. The molecular formula is C20H15FN4O3. The molecule has 0 saturated carbocycles. The molecule has 4 amide bonds. The van der Waals surface area contributed by atoms with E-state index in [2.05, 4.69) is 5.32 Å². The number of nitrogens with zero attached hydrogens (tertiary/aromatic N) is 3. The number of likely N-dealkylation sites (tertiary alicyclic amines) is 1. The molecule has 2 atom stereocenters. The highest BCUT2D eigenvalue weighted by Crippen LogP contribution is 2.29. The van der Waals surface area contributed by atoms with Gasteiger partial charge >= 0.3 is 6.03 Å². The second-order valence-corrected chi connectivity index (χ2v) is 6.63. The predicted octanol–water partition coefficient (Wildman–Crippen LogP) is 2.04. The van der Waals surface area contributed by atoms with Crippen LogP contribution in [-0.2, 0) is 4.79 Å². The maximum Gasteiger partial charge on any atom is 0.329 e. The number of hydrogen-bond donors (Lipinski definition) is 1. The summed E-state index contributed by atoms with van der Waals surface area (Å²) in [6.45, 7) is 0.317. The molecule has 2 heterocycles. The molecule has 0 radical (unpaired) electrons. The normalized spacial score (nSPS) is 21.1. The number of halogens is 1. The summed E-state index contributed by atoms with van der Waals surface area (Å²) in [6, 6.07) is 11.2. The molecule has 8 heteroatoms. The van der Waals surface area contributed by atoms with Crippen LogP contribution in [0.5, 0.6) is 0 Å². The van der Waals surface area contributed by atoms with Crippen LogP contribution in [0.15, 0.2) is 48.5 Å². The number of nitrogens with one attached hydrogen (secondary N) is 1. The summed E-state index contributed by atoms with van der Waals surface area (Å²) in [4.78, 5) is 40.8. The van der Waals surface area contributed by atoms with Gasteiger partial charge in [-0.25, -0.2) is 14.1 Å². The molecule has 2 aromatic rings. The molecule has 1 N–H and O–H groups in total. The second-order valence-electron chi connectivity index (χ2n) is 6.63. The molecule has 0 aliphatic carbocycles. The summed E-state index contributed by atoms with van der Waals surface area (Å²) >= 11 is 0. The number of amides is 4. The van der Waals surface area contributed by atoms with Crippen molar-refractivity contribution in [1.29, 1.82) is 5.26 Å². The van der Waals surface area contributed by atoms with Crippen LogP contribution in [-0.4, -0.2) is 41.4 Å². The molecule has 4 rings (SSSR count). The average Bonchev–Trinajstić information content (AvgIpc) is 3.13. The van der Waals surface area contributed by atoms with E-state index in [1.165, 1.54) is 41.3 Å². The Morgan fingerprint density at radius 3 is 2.43 bits per heavy atom. The van der Waals surface area contributed by atoms with Gasteiger partial charge in [0.05, 0.1) is 23.4 Å². The summed E-state index contributed by atoms with van der Waals surface area (Å²) in [7, 11) is 0. The fourth-order valence-corrected chi connectivity index (χ4v) is 3.62. The van der Waals surface area contributed by atoms with Crippen molar-refractivity contribution in [3.63, 3.8) is 0 Å². The van der Waals surface area contributed by atoms with Crippen LogP contribution in [0.1, 0.15) is 22.3 Å². The highest BCUT2D eigenvalue weighted by Gasteiger charge is 2.50. The fourth-order valence-electron chi connectivity index (χ4n) is 3.62. The van der Waals surface area contributed by atoms with E-state index in [0.29, 0.717) is 24.1 Å².